The molecular formula is C14H9ClN2OS. The number of carbonyl (C=O) groups excluding carboxylic acids is 1. The van der Waals surface area contributed by atoms with Gasteiger partial charge in [-0.1, -0.05) is 29.8 Å². The first-order valence-electron chi connectivity index (χ1n) is 5.63. The van der Waals surface area contributed by atoms with Gasteiger partial charge in [-0.3, -0.25) is 4.79 Å². The van der Waals surface area contributed by atoms with Crippen molar-refractivity contribution in [1.29, 1.82) is 0 Å². The number of amidine groups is 1. The highest BCUT2D eigenvalue weighted by Crippen LogP contribution is 2.18. The molecule has 94 valence electrons. The molecule has 0 saturated heterocycles. The third-order valence-corrected chi connectivity index (χ3v) is 3.75. The molecule has 0 saturated carbocycles. The number of hydrogen-bond donors (Lipinski definition) is 1. The smallest absolute Gasteiger partial charge is 0.275 e. The lowest BCUT2D eigenvalue weighted by molar-refractivity contribution is -0.115. The molecule has 1 aromatic carbocycles. The van der Waals surface area contributed by atoms with E-state index in [0.29, 0.717) is 16.6 Å². The van der Waals surface area contributed by atoms with Gasteiger partial charge in [0.1, 0.15) is 5.70 Å². The third-order valence-electron chi connectivity index (χ3n) is 2.62. The summed E-state index contributed by atoms with van der Waals surface area (Å²) in [5.41, 5.74) is 1.30. The van der Waals surface area contributed by atoms with Gasteiger partial charge in [-0.25, -0.2) is 4.99 Å². The molecule has 3 rings (SSSR count). The average molecular weight is 289 g/mol. The standard InChI is InChI=1S/C14H9ClN2OS/c15-10-5-3-9(4-6-10)8-11-14(18)17-13(16-11)12-2-1-7-19-12/h1-8H,(H,16,17,18)/b11-8+. The molecule has 0 unspecified atom stereocenters. The summed E-state index contributed by atoms with van der Waals surface area (Å²) in [7, 11) is 0. The molecule has 1 aromatic heterocycles. The maximum Gasteiger partial charge on any atom is 0.275 e. The largest absolute Gasteiger partial charge is 0.304 e. The highest BCUT2D eigenvalue weighted by Gasteiger charge is 2.21. The molecule has 1 aliphatic rings. The Labute approximate surface area is 119 Å². The second-order valence-electron chi connectivity index (χ2n) is 3.97. The quantitative estimate of drug-likeness (QED) is 0.846. The predicted octanol–water partition coefficient (Wildman–Crippen LogP) is 3.32. The monoisotopic (exact) mass is 288 g/mol. The van der Waals surface area contributed by atoms with Crippen molar-refractivity contribution in [3.63, 3.8) is 0 Å². The number of benzene rings is 1. The van der Waals surface area contributed by atoms with Crippen LogP contribution in [0.15, 0.2) is 52.5 Å². The predicted molar refractivity (Wildman–Crippen MR) is 78.4 cm³/mol. The van der Waals surface area contributed by atoms with Gasteiger partial charge >= 0.3 is 0 Å². The molecule has 5 heteroatoms. The molecule has 0 spiro atoms. The van der Waals surface area contributed by atoms with Gasteiger partial charge in [0.25, 0.3) is 5.91 Å². The van der Waals surface area contributed by atoms with Crippen molar-refractivity contribution in [1.82, 2.24) is 5.32 Å². The second kappa shape index (κ2) is 4.99. The molecule has 2 heterocycles. The van der Waals surface area contributed by atoms with Gasteiger partial charge in [0, 0.05) is 5.02 Å². The molecule has 0 bridgehead atoms. The number of aliphatic imine (C=N–C) groups is 1. The fourth-order valence-electron chi connectivity index (χ4n) is 1.72. The van der Waals surface area contributed by atoms with E-state index in [1.165, 1.54) is 0 Å². The van der Waals surface area contributed by atoms with Crippen LogP contribution in [0, 0.1) is 0 Å². The van der Waals surface area contributed by atoms with Crippen LogP contribution in [0.5, 0.6) is 0 Å². The number of nitrogens with zero attached hydrogens (tertiary/aromatic N) is 1. The topological polar surface area (TPSA) is 41.5 Å². The second-order valence-corrected chi connectivity index (χ2v) is 5.36. The van der Waals surface area contributed by atoms with E-state index in [0.717, 1.165) is 10.4 Å². The zero-order valence-electron chi connectivity index (χ0n) is 9.76. The van der Waals surface area contributed by atoms with Gasteiger partial charge < -0.3 is 5.32 Å². The van der Waals surface area contributed by atoms with Crippen molar-refractivity contribution < 1.29 is 4.79 Å². The number of carbonyl (C=O) groups is 1. The van der Waals surface area contributed by atoms with E-state index < -0.39 is 0 Å². The Balaban J connectivity index is 1.92. The Morgan fingerprint density at radius 2 is 2.00 bits per heavy atom. The lowest BCUT2D eigenvalue weighted by Gasteiger charge is -1.95. The number of thiophene rings is 1. The summed E-state index contributed by atoms with van der Waals surface area (Å²) in [4.78, 5) is 17.1. The van der Waals surface area contributed by atoms with Crippen LogP contribution in [0.4, 0.5) is 0 Å². The van der Waals surface area contributed by atoms with E-state index >= 15 is 0 Å². The molecule has 3 nitrogen and oxygen atoms in total. The summed E-state index contributed by atoms with van der Waals surface area (Å²) in [6, 6.07) is 11.1. The molecule has 0 radical (unpaired) electrons. The van der Waals surface area contributed by atoms with Gasteiger partial charge in [0.15, 0.2) is 5.84 Å². The zero-order valence-corrected chi connectivity index (χ0v) is 11.3. The minimum Gasteiger partial charge on any atom is -0.304 e. The van der Waals surface area contributed by atoms with Crippen molar-refractivity contribution in [2.75, 3.05) is 0 Å². The fraction of sp³-hybridized carbons (Fsp3) is 0. The lowest BCUT2D eigenvalue weighted by atomic mass is 10.2. The summed E-state index contributed by atoms with van der Waals surface area (Å²) in [6.45, 7) is 0. The molecule has 0 atom stereocenters. The Morgan fingerprint density at radius 3 is 2.68 bits per heavy atom. The number of amides is 1. The van der Waals surface area contributed by atoms with E-state index in [-0.39, 0.29) is 5.91 Å². The van der Waals surface area contributed by atoms with Gasteiger partial charge in [-0.15, -0.1) is 11.3 Å². The summed E-state index contributed by atoms with van der Waals surface area (Å²) < 4.78 is 0. The van der Waals surface area contributed by atoms with Crippen molar-refractivity contribution in [2.45, 2.75) is 0 Å². The van der Waals surface area contributed by atoms with Gasteiger partial charge in [0.05, 0.1) is 4.88 Å². The third kappa shape index (κ3) is 2.59. The van der Waals surface area contributed by atoms with Crippen LogP contribution in [-0.4, -0.2) is 11.7 Å². The number of rotatable bonds is 2. The SMILES string of the molecule is O=C1NC(c2cccs2)=N/C1=C/c1ccc(Cl)cc1. The minimum atomic E-state index is -0.182. The van der Waals surface area contributed by atoms with Crippen LogP contribution in [0.25, 0.3) is 6.08 Å². The van der Waals surface area contributed by atoms with Crippen molar-refractivity contribution in [3.8, 4) is 0 Å². The highest BCUT2D eigenvalue weighted by atomic mass is 35.5. The molecule has 1 N–H and O–H groups in total. The molecule has 1 aliphatic heterocycles. The summed E-state index contributed by atoms with van der Waals surface area (Å²) in [5, 5.41) is 5.38. The summed E-state index contributed by atoms with van der Waals surface area (Å²) in [6.07, 6.45) is 1.74. The van der Waals surface area contributed by atoms with Crippen LogP contribution in [0.1, 0.15) is 10.4 Å². The van der Waals surface area contributed by atoms with E-state index in [1.54, 1.807) is 29.5 Å². The van der Waals surface area contributed by atoms with Gasteiger partial charge in [-0.2, -0.15) is 0 Å². The van der Waals surface area contributed by atoms with Crippen LogP contribution < -0.4 is 5.32 Å². The van der Waals surface area contributed by atoms with Gasteiger partial charge in [-0.05, 0) is 35.2 Å². The normalized spacial score (nSPS) is 16.6. The van der Waals surface area contributed by atoms with E-state index in [1.807, 2.05) is 29.6 Å². The summed E-state index contributed by atoms with van der Waals surface area (Å²) >= 11 is 7.36. The van der Waals surface area contributed by atoms with Crippen LogP contribution >= 0.6 is 22.9 Å². The molecule has 0 aliphatic carbocycles. The molecule has 19 heavy (non-hydrogen) atoms. The maximum absolute atomic E-state index is 11.8. The first kappa shape index (κ1) is 12.1. The number of hydrogen-bond acceptors (Lipinski definition) is 3. The van der Waals surface area contributed by atoms with E-state index in [9.17, 15) is 4.79 Å². The Morgan fingerprint density at radius 1 is 1.21 bits per heavy atom. The maximum atomic E-state index is 11.8. The van der Waals surface area contributed by atoms with E-state index in [4.69, 9.17) is 11.6 Å². The first-order valence-corrected chi connectivity index (χ1v) is 6.89. The lowest BCUT2D eigenvalue weighted by Crippen LogP contribution is -2.23. The average Bonchev–Trinajstić information content (AvgIpc) is 3.03. The highest BCUT2D eigenvalue weighted by molar-refractivity contribution is 7.12. The van der Waals surface area contributed by atoms with Crippen LogP contribution in [0.3, 0.4) is 0 Å². The molecule has 2 aromatic rings. The molecule has 1 amide bonds. The number of nitrogens with one attached hydrogen (secondary N) is 1. The van der Waals surface area contributed by atoms with Crippen LogP contribution in [0.2, 0.25) is 5.02 Å². The minimum absolute atomic E-state index is 0.182. The fourth-order valence-corrected chi connectivity index (χ4v) is 2.51. The van der Waals surface area contributed by atoms with Crippen molar-refractivity contribution in [3.05, 3.63) is 62.9 Å². The Kier molecular flexibility index (Phi) is 3.19. The van der Waals surface area contributed by atoms with Crippen LogP contribution in [-0.2, 0) is 4.79 Å². The Hall–Kier alpha value is -1.91. The summed E-state index contributed by atoms with van der Waals surface area (Å²) in [5.74, 6) is 0.429. The first-order chi connectivity index (χ1) is 9.22. The van der Waals surface area contributed by atoms with E-state index in [2.05, 4.69) is 10.3 Å². The molecular weight excluding hydrogens is 280 g/mol. The van der Waals surface area contributed by atoms with Gasteiger partial charge in [0.2, 0.25) is 0 Å². The van der Waals surface area contributed by atoms with Crippen molar-refractivity contribution >= 4 is 40.8 Å². The molecule has 0 fully saturated rings. The zero-order chi connectivity index (χ0) is 13.2. The Bertz CT molecular complexity index is 672. The van der Waals surface area contributed by atoms with Crippen molar-refractivity contribution in [2.24, 2.45) is 4.99 Å². The number of halogens is 1.